The Morgan fingerprint density at radius 2 is 1.86 bits per heavy atom. The second kappa shape index (κ2) is 11.4. The number of ether oxygens (including phenoxy) is 1. The highest BCUT2D eigenvalue weighted by Gasteiger charge is 2.10. The fourth-order valence-electron chi connectivity index (χ4n) is 2.20. The molecule has 0 saturated heterocycles. The number of hydrogen-bond acceptors (Lipinski definition) is 5. The largest absolute Gasteiger partial charge is 0.456 e. The van der Waals surface area contributed by atoms with Crippen molar-refractivity contribution in [2.24, 2.45) is 0 Å². The standard InChI is InChI=1S/C20H21ClN2O4S/c1-2-22-20(26)14-4-3-5-16(12-14)23-18(24)13-27-19(25)10-11-28-17-8-6-15(21)7-9-17/h3-9,12H,2,10-11,13H2,1H3,(H,22,26)(H,23,24). The summed E-state index contributed by atoms with van der Waals surface area (Å²) in [5, 5.41) is 5.95. The van der Waals surface area contributed by atoms with E-state index in [0.29, 0.717) is 28.6 Å². The number of esters is 1. The summed E-state index contributed by atoms with van der Waals surface area (Å²) in [6.45, 7) is 1.96. The number of halogens is 1. The van der Waals surface area contributed by atoms with Crippen LogP contribution in [0.25, 0.3) is 0 Å². The number of nitrogens with one attached hydrogen (secondary N) is 2. The van der Waals surface area contributed by atoms with Crippen molar-refractivity contribution in [2.75, 3.05) is 24.2 Å². The molecule has 0 aromatic heterocycles. The van der Waals surface area contributed by atoms with Gasteiger partial charge in [-0.3, -0.25) is 14.4 Å². The maximum Gasteiger partial charge on any atom is 0.307 e. The first kappa shape index (κ1) is 21.8. The van der Waals surface area contributed by atoms with Crippen molar-refractivity contribution >= 4 is 46.8 Å². The van der Waals surface area contributed by atoms with Gasteiger partial charge in [0.05, 0.1) is 6.42 Å². The summed E-state index contributed by atoms with van der Waals surface area (Å²) in [7, 11) is 0. The van der Waals surface area contributed by atoms with Crippen molar-refractivity contribution in [3.8, 4) is 0 Å². The summed E-state index contributed by atoms with van der Waals surface area (Å²) in [6, 6.07) is 13.9. The van der Waals surface area contributed by atoms with Gasteiger partial charge in [-0.1, -0.05) is 17.7 Å². The molecule has 8 heteroatoms. The van der Waals surface area contributed by atoms with Gasteiger partial charge in [-0.25, -0.2) is 0 Å². The fourth-order valence-corrected chi connectivity index (χ4v) is 3.16. The van der Waals surface area contributed by atoms with E-state index in [1.54, 1.807) is 36.4 Å². The number of amides is 2. The first-order chi connectivity index (χ1) is 13.5. The molecule has 0 atom stereocenters. The number of hydrogen-bond donors (Lipinski definition) is 2. The van der Waals surface area contributed by atoms with Crippen LogP contribution in [-0.2, 0) is 14.3 Å². The number of anilines is 1. The van der Waals surface area contributed by atoms with E-state index in [4.69, 9.17) is 16.3 Å². The number of thioether (sulfide) groups is 1. The number of rotatable bonds is 9. The van der Waals surface area contributed by atoms with Gasteiger partial charge in [0.2, 0.25) is 0 Å². The van der Waals surface area contributed by atoms with Crippen molar-refractivity contribution in [3.05, 3.63) is 59.1 Å². The van der Waals surface area contributed by atoms with Gasteiger partial charge in [0.25, 0.3) is 11.8 Å². The average molecular weight is 421 g/mol. The molecule has 2 amide bonds. The highest BCUT2D eigenvalue weighted by Crippen LogP contribution is 2.21. The second-order valence-electron chi connectivity index (χ2n) is 5.70. The lowest BCUT2D eigenvalue weighted by atomic mass is 10.2. The maximum absolute atomic E-state index is 11.9. The minimum absolute atomic E-state index is 0.188. The van der Waals surface area contributed by atoms with E-state index >= 15 is 0 Å². The second-order valence-corrected chi connectivity index (χ2v) is 7.31. The molecule has 0 unspecified atom stereocenters. The Balaban J connectivity index is 1.71. The minimum Gasteiger partial charge on any atom is -0.456 e. The molecule has 0 aliphatic rings. The van der Waals surface area contributed by atoms with Gasteiger partial charge in [-0.2, -0.15) is 0 Å². The number of benzene rings is 2. The summed E-state index contributed by atoms with van der Waals surface area (Å²) in [6.07, 6.45) is 0.188. The van der Waals surface area contributed by atoms with Crippen LogP contribution in [0.4, 0.5) is 5.69 Å². The highest BCUT2D eigenvalue weighted by molar-refractivity contribution is 7.99. The third-order valence-corrected chi connectivity index (χ3v) is 4.76. The Bertz CT molecular complexity index is 827. The van der Waals surface area contributed by atoms with E-state index < -0.39 is 11.9 Å². The van der Waals surface area contributed by atoms with Crippen LogP contribution in [0.15, 0.2) is 53.4 Å². The summed E-state index contributed by atoms with van der Waals surface area (Å²) in [5.41, 5.74) is 0.902. The Hall–Kier alpha value is -2.51. The first-order valence-electron chi connectivity index (χ1n) is 8.70. The molecule has 0 bridgehead atoms. The summed E-state index contributed by atoms with van der Waals surface area (Å²) in [4.78, 5) is 36.5. The van der Waals surface area contributed by atoms with Crippen LogP contribution in [0, 0.1) is 0 Å². The van der Waals surface area contributed by atoms with E-state index in [-0.39, 0.29) is 18.9 Å². The predicted molar refractivity (Wildman–Crippen MR) is 111 cm³/mol. The molecule has 0 aliphatic heterocycles. The van der Waals surface area contributed by atoms with Crippen molar-refractivity contribution in [3.63, 3.8) is 0 Å². The van der Waals surface area contributed by atoms with Crippen LogP contribution in [0.3, 0.4) is 0 Å². The molecule has 6 nitrogen and oxygen atoms in total. The Morgan fingerprint density at radius 3 is 2.57 bits per heavy atom. The molecule has 28 heavy (non-hydrogen) atoms. The fraction of sp³-hybridized carbons (Fsp3) is 0.250. The summed E-state index contributed by atoms with van der Waals surface area (Å²) < 4.78 is 4.98. The molecule has 2 rings (SSSR count). The van der Waals surface area contributed by atoms with Gasteiger partial charge in [-0.15, -0.1) is 11.8 Å². The Labute approximate surface area is 173 Å². The molecule has 0 radical (unpaired) electrons. The van der Waals surface area contributed by atoms with Crippen molar-refractivity contribution in [1.29, 1.82) is 0 Å². The third-order valence-electron chi connectivity index (χ3n) is 3.50. The normalized spacial score (nSPS) is 10.2. The minimum atomic E-state index is -0.466. The molecule has 0 aliphatic carbocycles. The molecule has 2 aromatic carbocycles. The van der Waals surface area contributed by atoms with E-state index in [1.807, 2.05) is 19.1 Å². The summed E-state index contributed by atoms with van der Waals surface area (Å²) >= 11 is 7.33. The molecule has 2 N–H and O–H groups in total. The van der Waals surface area contributed by atoms with Crippen molar-refractivity contribution < 1.29 is 19.1 Å². The molecule has 0 heterocycles. The topological polar surface area (TPSA) is 84.5 Å². The zero-order valence-electron chi connectivity index (χ0n) is 15.4. The molecule has 2 aromatic rings. The van der Waals surface area contributed by atoms with Gasteiger partial charge in [0.1, 0.15) is 0 Å². The number of carbonyl (C=O) groups is 3. The van der Waals surface area contributed by atoms with Gasteiger partial charge >= 0.3 is 5.97 Å². The average Bonchev–Trinajstić information content (AvgIpc) is 2.68. The monoisotopic (exact) mass is 420 g/mol. The highest BCUT2D eigenvalue weighted by atomic mass is 35.5. The van der Waals surface area contributed by atoms with Crippen LogP contribution < -0.4 is 10.6 Å². The van der Waals surface area contributed by atoms with Crippen LogP contribution in [-0.4, -0.2) is 36.7 Å². The molecule has 148 valence electrons. The van der Waals surface area contributed by atoms with Crippen LogP contribution in [0.2, 0.25) is 5.02 Å². The van der Waals surface area contributed by atoms with E-state index in [1.165, 1.54) is 11.8 Å². The lowest BCUT2D eigenvalue weighted by molar-refractivity contribution is -0.146. The van der Waals surface area contributed by atoms with Gasteiger partial charge in [-0.05, 0) is 49.4 Å². The zero-order chi connectivity index (χ0) is 20.4. The van der Waals surface area contributed by atoms with Crippen molar-refractivity contribution in [1.82, 2.24) is 5.32 Å². The maximum atomic E-state index is 11.9. The lowest BCUT2D eigenvalue weighted by Gasteiger charge is -2.08. The first-order valence-corrected chi connectivity index (χ1v) is 10.1. The Kier molecular flexibility index (Phi) is 8.84. The smallest absolute Gasteiger partial charge is 0.307 e. The van der Waals surface area contributed by atoms with Crippen LogP contribution in [0.5, 0.6) is 0 Å². The van der Waals surface area contributed by atoms with Crippen LogP contribution >= 0.6 is 23.4 Å². The quantitative estimate of drug-likeness (QED) is 0.476. The van der Waals surface area contributed by atoms with Gasteiger partial charge in [0, 0.05) is 33.5 Å². The predicted octanol–water partition coefficient (Wildman–Crippen LogP) is 3.75. The molecule has 0 spiro atoms. The molecular weight excluding hydrogens is 400 g/mol. The van der Waals surface area contributed by atoms with Crippen molar-refractivity contribution in [2.45, 2.75) is 18.2 Å². The Morgan fingerprint density at radius 1 is 1.11 bits per heavy atom. The lowest BCUT2D eigenvalue weighted by Crippen LogP contribution is -2.23. The molecule has 0 fully saturated rings. The third kappa shape index (κ3) is 7.62. The van der Waals surface area contributed by atoms with E-state index in [0.717, 1.165) is 4.90 Å². The van der Waals surface area contributed by atoms with E-state index in [2.05, 4.69) is 10.6 Å². The van der Waals surface area contributed by atoms with Gasteiger partial charge < -0.3 is 15.4 Å². The SMILES string of the molecule is CCNC(=O)c1cccc(NC(=O)COC(=O)CCSc2ccc(Cl)cc2)c1. The number of carbonyl (C=O) groups excluding carboxylic acids is 3. The van der Waals surface area contributed by atoms with E-state index in [9.17, 15) is 14.4 Å². The van der Waals surface area contributed by atoms with Gasteiger partial charge in [0.15, 0.2) is 6.61 Å². The van der Waals surface area contributed by atoms with Crippen LogP contribution in [0.1, 0.15) is 23.7 Å². The molecule has 0 saturated carbocycles. The summed E-state index contributed by atoms with van der Waals surface area (Å²) in [5.74, 6) is -0.598. The molecular formula is C20H21ClN2O4S. The zero-order valence-corrected chi connectivity index (χ0v) is 16.9.